The van der Waals surface area contributed by atoms with Crippen molar-refractivity contribution in [2.24, 2.45) is 0 Å². The van der Waals surface area contributed by atoms with Crippen molar-refractivity contribution >= 4 is 15.6 Å². The van der Waals surface area contributed by atoms with E-state index < -0.39 is 15.6 Å². The second kappa shape index (κ2) is 5.06. The van der Waals surface area contributed by atoms with E-state index in [0.29, 0.717) is 12.8 Å². The van der Waals surface area contributed by atoms with Crippen LogP contribution in [0, 0.1) is 5.16 Å². The average molecular weight is 259 g/mol. The lowest BCUT2D eigenvalue weighted by molar-refractivity contribution is 0.120. The maximum absolute atomic E-state index is 10.4. The summed E-state index contributed by atoms with van der Waals surface area (Å²) in [5.74, 6) is 0. The zero-order valence-electron chi connectivity index (χ0n) is 8.07. The molecule has 4 N–H and O–H groups in total. The monoisotopic (exact) mass is 259 g/mol. The molecule has 1 fully saturated rings. The maximum Gasteiger partial charge on any atom is 0.477 e. The van der Waals surface area contributed by atoms with Gasteiger partial charge in [0.2, 0.25) is 0 Å². The van der Waals surface area contributed by atoms with Crippen LogP contribution >= 0.6 is 15.6 Å². The van der Waals surface area contributed by atoms with Crippen molar-refractivity contribution in [3.05, 3.63) is 0 Å². The molecule has 7 nitrogen and oxygen atoms in total. The van der Waals surface area contributed by atoms with Crippen LogP contribution in [-0.2, 0) is 13.4 Å². The largest absolute Gasteiger partial charge is 0.477 e. The Morgan fingerprint density at radius 2 is 1.67 bits per heavy atom. The summed E-state index contributed by atoms with van der Waals surface area (Å²) in [5, 5.41) is 7.15. The third kappa shape index (κ3) is 5.78. The minimum absolute atomic E-state index is 0.332. The van der Waals surface area contributed by atoms with Gasteiger partial charge in [-0.1, -0.05) is 19.3 Å². The average Bonchev–Trinajstić information content (AvgIpc) is 1.99. The predicted molar refractivity (Wildman–Crippen MR) is 52.9 cm³/mol. The van der Waals surface area contributed by atoms with Gasteiger partial charge in [0.1, 0.15) is 0 Å². The molecule has 0 heterocycles. The van der Waals surface area contributed by atoms with Gasteiger partial charge in [0.25, 0.3) is 0 Å². The van der Waals surface area contributed by atoms with Crippen LogP contribution in [0.3, 0.4) is 0 Å². The van der Waals surface area contributed by atoms with Gasteiger partial charge in [-0.15, -0.1) is 0 Å². The highest BCUT2D eigenvalue weighted by Crippen LogP contribution is 2.59. The standard InChI is InChI=1S/C6H15NO6P2/c7-14(8,13-15(9,10)11)12-6-4-2-1-3-5-6/h6H,1-5H2,(H2,7,8)(H2,9,10,11). The molecule has 1 aliphatic rings. The Bertz CT molecular complexity index is 296. The summed E-state index contributed by atoms with van der Waals surface area (Å²) in [6.07, 6.45) is 3.98. The molecular formula is C6H15NO6P2. The number of hydrogen-bond donors (Lipinski definition) is 4. The molecule has 0 aliphatic heterocycles. The molecule has 0 bridgehead atoms. The first-order valence-electron chi connectivity index (χ1n) is 4.61. The summed E-state index contributed by atoms with van der Waals surface area (Å²) >= 11 is 0. The van der Waals surface area contributed by atoms with E-state index in [1.54, 1.807) is 0 Å². The molecule has 0 radical (unpaired) electrons. The smallest absolute Gasteiger partial charge is 0.318 e. The quantitative estimate of drug-likeness (QED) is 0.573. The molecule has 0 aromatic rings. The maximum atomic E-state index is 10.4. The number of hydrogen-bond acceptors (Lipinski definition) is 4. The van der Waals surface area contributed by atoms with Crippen molar-refractivity contribution in [3.8, 4) is 0 Å². The molecule has 0 spiro atoms. The molecule has 1 aliphatic carbocycles. The molecule has 15 heavy (non-hydrogen) atoms. The van der Waals surface area contributed by atoms with E-state index >= 15 is 0 Å². The summed E-state index contributed by atoms with van der Waals surface area (Å²) < 4.78 is 19.2. The lowest BCUT2D eigenvalue weighted by Gasteiger charge is -2.25. The molecule has 0 amide bonds. The van der Waals surface area contributed by atoms with Gasteiger partial charge < -0.3 is 14.7 Å². The van der Waals surface area contributed by atoms with E-state index in [4.69, 9.17) is 19.5 Å². The topological polar surface area (TPSA) is 120 Å². The van der Waals surface area contributed by atoms with Gasteiger partial charge in [0.15, 0.2) is 0 Å². The van der Waals surface area contributed by atoms with Gasteiger partial charge in [0.05, 0.1) is 6.10 Å². The second-order valence-corrected chi connectivity index (χ2v) is 6.34. The van der Waals surface area contributed by atoms with Crippen LogP contribution in [0.2, 0.25) is 0 Å². The minimum Gasteiger partial charge on any atom is -0.318 e. The number of nitrogens with one attached hydrogen (secondary N) is 1. The van der Waals surface area contributed by atoms with Crippen molar-refractivity contribution in [1.82, 2.24) is 0 Å². The van der Waals surface area contributed by atoms with Gasteiger partial charge >= 0.3 is 15.6 Å². The zero-order valence-corrected chi connectivity index (χ0v) is 9.86. The highest BCUT2D eigenvalue weighted by Gasteiger charge is 2.31. The third-order valence-electron chi connectivity index (χ3n) is 2.06. The molecular weight excluding hydrogens is 244 g/mol. The summed E-state index contributed by atoms with van der Waals surface area (Å²) in [6.45, 7) is 0. The molecule has 0 aromatic heterocycles. The Kier molecular flexibility index (Phi) is 4.50. The lowest BCUT2D eigenvalue weighted by Crippen LogP contribution is -2.15. The Morgan fingerprint density at radius 3 is 2.13 bits per heavy atom. The van der Waals surface area contributed by atoms with Gasteiger partial charge in [-0.05, 0) is 12.8 Å². The van der Waals surface area contributed by atoms with Gasteiger partial charge in [-0.25, -0.2) is 14.0 Å². The minimum atomic E-state index is -4.87. The highest BCUT2D eigenvalue weighted by atomic mass is 31.3. The van der Waals surface area contributed by atoms with E-state index in [2.05, 4.69) is 4.31 Å². The van der Waals surface area contributed by atoms with Crippen LogP contribution in [0.5, 0.6) is 0 Å². The first-order chi connectivity index (χ1) is 6.79. The lowest BCUT2D eigenvalue weighted by atomic mass is 9.98. The summed E-state index contributed by atoms with van der Waals surface area (Å²) in [4.78, 5) is 26.1. The van der Waals surface area contributed by atoms with Crippen LogP contribution in [0.1, 0.15) is 32.1 Å². The molecule has 0 saturated heterocycles. The van der Waals surface area contributed by atoms with E-state index in [0.717, 1.165) is 19.3 Å². The summed E-state index contributed by atoms with van der Waals surface area (Å²) in [5.41, 5.74) is 0. The first kappa shape index (κ1) is 13.3. The molecule has 1 unspecified atom stereocenters. The Balaban J connectivity index is 2.47. The molecule has 1 rings (SSSR count). The highest BCUT2D eigenvalue weighted by molar-refractivity contribution is 7.61. The number of rotatable bonds is 4. The molecule has 1 saturated carbocycles. The van der Waals surface area contributed by atoms with Crippen LogP contribution in [0.25, 0.3) is 0 Å². The molecule has 1 atom stereocenters. The fourth-order valence-electron chi connectivity index (χ4n) is 1.54. The van der Waals surface area contributed by atoms with E-state index in [1.807, 2.05) is 0 Å². The van der Waals surface area contributed by atoms with E-state index in [-0.39, 0.29) is 6.10 Å². The second-order valence-electron chi connectivity index (χ2n) is 3.46. The zero-order chi connectivity index (χ0) is 11.5. The summed E-state index contributed by atoms with van der Waals surface area (Å²) in [7, 11) is -9.01. The Hall–Kier alpha value is 0.260. The van der Waals surface area contributed by atoms with Crippen molar-refractivity contribution < 1.29 is 28.1 Å². The van der Waals surface area contributed by atoms with Gasteiger partial charge in [-0.2, -0.15) is 0 Å². The SMILES string of the molecule is N=P(O)(OC1CCCCC1)OP(=O)(O)O. The van der Waals surface area contributed by atoms with Crippen molar-refractivity contribution in [3.63, 3.8) is 0 Å². The molecule has 0 aromatic carbocycles. The van der Waals surface area contributed by atoms with Crippen LogP contribution in [0.4, 0.5) is 0 Å². The molecule has 9 heteroatoms. The van der Waals surface area contributed by atoms with Crippen molar-refractivity contribution in [2.75, 3.05) is 0 Å². The fraction of sp³-hybridized carbons (Fsp3) is 1.00. The molecule has 90 valence electrons. The van der Waals surface area contributed by atoms with Crippen molar-refractivity contribution in [1.29, 1.82) is 5.16 Å². The van der Waals surface area contributed by atoms with Crippen molar-refractivity contribution in [2.45, 2.75) is 38.2 Å². The fourth-order valence-corrected chi connectivity index (χ4v) is 3.46. The van der Waals surface area contributed by atoms with Crippen LogP contribution < -0.4 is 0 Å². The van der Waals surface area contributed by atoms with Crippen LogP contribution in [0.15, 0.2) is 0 Å². The normalized spacial score (nSPS) is 23.7. The van der Waals surface area contributed by atoms with Gasteiger partial charge in [0, 0.05) is 0 Å². The van der Waals surface area contributed by atoms with E-state index in [1.165, 1.54) is 0 Å². The number of phosphoric acid groups is 1. The predicted octanol–water partition coefficient (Wildman–Crippen LogP) is 1.96. The third-order valence-corrected chi connectivity index (χ3v) is 4.38. The Labute approximate surface area is 87.8 Å². The van der Waals surface area contributed by atoms with Gasteiger partial charge in [-0.3, -0.25) is 4.52 Å². The summed E-state index contributed by atoms with van der Waals surface area (Å²) in [6, 6.07) is 0. The Morgan fingerprint density at radius 1 is 1.13 bits per heavy atom. The van der Waals surface area contributed by atoms with Crippen LogP contribution in [-0.4, -0.2) is 20.8 Å². The van der Waals surface area contributed by atoms with E-state index in [9.17, 15) is 9.46 Å². The first-order valence-corrected chi connectivity index (χ1v) is 7.71.